The second-order valence-corrected chi connectivity index (χ2v) is 10.6. The van der Waals surface area contributed by atoms with Crippen LogP contribution in [-0.4, -0.2) is 27.9 Å². The largest absolute Gasteiger partial charge is 0.461 e. The molecule has 176 valence electrons. The highest BCUT2D eigenvalue weighted by molar-refractivity contribution is 8.29. The molecule has 1 spiro atoms. The molecule has 0 bridgehead atoms. The third kappa shape index (κ3) is 4.35. The quantitative estimate of drug-likeness (QED) is 0.323. The summed E-state index contributed by atoms with van der Waals surface area (Å²) in [6, 6.07) is 27.0. The number of aryl methyl sites for hydroxylation is 1. The lowest BCUT2D eigenvalue weighted by atomic mass is 10.1. The highest BCUT2D eigenvalue weighted by Crippen LogP contribution is 2.59. The Balaban J connectivity index is 1.66. The second kappa shape index (κ2) is 9.64. The topological polar surface area (TPSA) is 62.2 Å². The molecule has 1 amide bonds. The average molecular weight is 502 g/mol. The standard InChI is InChI=1S/C27H23N3O3S2/c1-3-33-26(32)24-28-30(22-12-8-5-9-13-22)27(35-24)29(21-10-6-4-7-11-21)25(31)23(34-27)18-20-16-14-19(2)15-17-20/h4-18H,3H2,1-2H3/b23-18+. The molecule has 2 aliphatic rings. The van der Waals surface area contributed by atoms with E-state index in [1.807, 2.05) is 97.9 Å². The Labute approximate surface area is 212 Å². The Kier molecular flexibility index (Phi) is 6.40. The van der Waals surface area contributed by atoms with E-state index in [4.69, 9.17) is 4.74 Å². The van der Waals surface area contributed by atoms with Crippen molar-refractivity contribution in [3.8, 4) is 0 Å². The zero-order valence-electron chi connectivity index (χ0n) is 19.3. The van der Waals surface area contributed by atoms with Gasteiger partial charge in [0.1, 0.15) is 0 Å². The zero-order valence-corrected chi connectivity index (χ0v) is 20.9. The molecule has 3 aromatic rings. The van der Waals surface area contributed by atoms with E-state index in [0.717, 1.165) is 16.8 Å². The van der Waals surface area contributed by atoms with E-state index in [0.29, 0.717) is 10.6 Å². The van der Waals surface area contributed by atoms with Gasteiger partial charge in [0.15, 0.2) is 0 Å². The highest BCUT2D eigenvalue weighted by atomic mass is 32.2. The van der Waals surface area contributed by atoms with Crippen LogP contribution < -0.4 is 9.91 Å². The lowest BCUT2D eigenvalue weighted by Crippen LogP contribution is -2.51. The summed E-state index contributed by atoms with van der Waals surface area (Å²) in [5.41, 5.74) is 3.55. The summed E-state index contributed by atoms with van der Waals surface area (Å²) < 4.78 is 4.20. The first-order chi connectivity index (χ1) is 17.0. The Bertz CT molecular complexity index is 1310. The summed E-state index contributed by atoms with van der Waals surface area (Å²) in [4.78, 5) is 29.0. The van der Waals surface area contributed by atoms with Gasteiger partial charge in [0.25, 0.3) is 5.91 Å². The van der Waals surface area contributed by atoms with Crippen molar-refractivity contribution in [2.75, 3.05) is 16.5 Å². The zero-order chi connectivity index (χ0) is 24.4. The van der Waals surface area contributed by atoms with E-state index >= 15 is 0 Å². The number of hydrazone groups is 1. The molecule has 8 heteroatoms. The van der Waals surface area contributed by atoms with Crippen molar-refractivity contribution >= 4 is 57.9 Å². The number of thioether (sulfide) groups is 2. The number of carbonyl (C=O) groups excluding carboxylic acids is 2. The summed E-state index contributed by atoms with van der Waals surface area (Å²) in [6.45, 7) is 4.03. The van der Waals surface area contributed by atoms with E-state index in [1.165, 1.54) is 23.5 Å². The van der Waals surface area contributed by atoms with Crippen LogP contribution in [0.3, 0.4) is 0 Å². The Morgan fingerprint density at radius 3 is 2.20 bits per heavy atom. The number of benzene rings is 3. The monoisotopic (exact) mass is 501 g/mol. The fourth-order valence-electron chi connectivity index (χ4n) is 3.85. The lowest BCUT2D eigenvalue weighted by molar-refractivity contribution is -0.134. The van der Waals surface area contributed by atoms with Crippen LogP contribution in [0.1, 0.15) is 18.1 Å². The maximum Gasteiger partial charge on any atom is 0.365 e. The average Bonchev–Trinajstić information content (AvgIpc) is 3.39. The number of amides is 1. The molecule has 5 rings (SSSR count). The third-order valence-corrected chi connectivity index (χ3v) is 8.16. The lowest BCUT2D eigenvalue weighted by Gasteiger charge is -2.38. The predicted molar refractivity (Wildman–Crippen MR) is 144 cm³/mol. The summed E-state index contributed by atoms with van der Waals surface area (Å²) in [5, 5.41) is 6.62. The molecule has 35 heavy (non-hydrogen) atoms. The van der Waals surface area contributed by atoms with Crippen LogP contribution in [0.4, 0.5) is 11.4 Å². The van der Waals surface area contributed by atoms with Crippen LogP contribution >= 0.6 is 23.5 Å². The van der Waals surface area contributed by atoms with Crippen molar-refractivity contribution < 1.29 is 14.3 Å². The highest BCUT2D eigenvalue weighted by Gasteiger charge is 2.60. The molecule has 3 aromatic carbocycles. The van der Waals surface area contributed by atoms with E-state index < -0.39 is 10.3 Å². The SMILES string of the molecule is CCOC(=O)C1=NN(c2ccccc2)C2(S1)S/C(=C/c1ccc(C)cc1)C(=O)N2c1ccccc1. The fourth-order valence-corrected chi connectivity index (χ4v) is 6.72. The number of anilines is 2. The van der Waals surface area contributed by atoms with Gasteiger partial charge in [-0.3, -0.25) is 9.69 Å². The minimum atomic E-state index is -1.07. The van der Waals surface area contributed by atoms with Crippen LogP contribution in [0.25, 0.3) is 6.08 Å². The van der Waals surface area contributed by atoms with Gasteiger partial charge in [-0.2, -0.15) is 5.10 Å². The fraction of sp³-hybridized carbons (Fsp3) is 0.148. The van der Waals surface area contributed by atoms with Crippen molar-refractivity contribution in [3.05, 3.63) is 101 Å². The van der Waals surface area contributed by atoms with Gasteiger partial charge in [0.2, 0.25) is 9.37 Å². The number of esters is 1. The van der Waals surface area contributed by atoms with Crippen LogP contribution in [0, 0.1) is 6.92 Å². The number of para-hydroxylation sites is 2. The number of nitrogens with zero attached hydrogens (tertiary/aromatic N) is 3. The minimum Gasteiger partial charge on any atom is -0.461 e. The molecule has 2 heterocycles. The molecule has 0 aliphatic carbocycles. The molecule has 0 N–H and O–H groups in total. The molecule has 1 fully saturated rings. The van der Waals surface area contributed by atoms with Crippen LogP contribution in [0.15, 0.2) is 94.9 Å². The van der Waals surface area contributed by atoms with Gasteiger partial charge >= 0.3 is 5.97 Å². The van der Waals surface area contributed by atoms with E-state index in [-0.39, 0.29) is 17.6 Å². The molecular formula is C27H23N3O3S2. The van der Waals surface area contributed by atoms with Gasteiger partial charge in [-0.15, -0.1) is 0 Å². The van der Waals surface area contributed by atoms with Crippen molar-refractivity contribution in [1.29, 1.82) is 0 Å². The van der Waals surface area contributed by atoms with Gasteiger partial charge < -0.3 is 4.74 Å². The van der Waals surface area contributed by atoms with Crippen molar-refractivity contribution in [2.24, 2.45) is 5.10 Å². The van der Waals surface area contributed by atoms with E-state index in [2.05, 4.69) is 5.10 Å². The molecule has 0 saturated carbocycles. The number of hydrogen-bond acceptors (Lipinski definition) is 7. The molecule has 2 aliphatic heterocycles. The predicted octanol–water partition coefficient (Wildman–Crippen LogP) is 5.86. The summed E-state index contributed by atoms with van der Waals surface area (Å²) in [5.74, 6) is -0.664. The van der Waals surface area contributed by atoms with Crippen molar-refractivity contribution in [3.63, 3.8) is 0 Å². The second-order valence-electron chi connectivity index (χ2n) is 7.92. The molecule has 1 saturated heterocycles. The maximum atomic E-state index is 13.9. The molecule has 0 aromatic heterocycles. The molecule has 6 nitrogen and oxygen atoms in total. The van der Waals surface area contributed by atoms with Gasteiger partial charge in [-0.1, -0.05) is 78.0 Å². The number of carbonyl (C=O) groups is 2. The van der Waals surface area contributed by atoms with Gasteiger partial charge in [0.05, 0.1) is 17.2 Å². The minimum absolute atomic E-state index is 0.157. The normalized spacial score (nSPS) is 20.6. The summed E-state index contributed by atoms with van der Waals surface area (Å²) in [7, 11) is 0. The molecule has 1 atom stereocenters. The van der Waals surface area contributed by atoms with E-state index in [1.54, 1.807) is 16.8 Å². The van der Waals surface area contributed by atoms with Gasteiger partial charge in [-0.05, 0) is 61.5 Å². The molecule has 0 radical (unpaired) electrons. The van der Waals surface area contributed by atoms with Gasteiger partial charge in [0, 0.05) is 5.69 Å². The Morgan fingerprint density at radius 2 is 1.57 bits per heavy atom. The van der Waals surface area contributed by atoms with Crippen molar-refractivity contribution in [2.45, 2.75) is 18.2 Å². The van der Waals surface area contributed by atoms with Crippen LogP contribution in [-0.2, 0) is 14.3 Å². The maximum absolute atomic E-state index is 13.9. The van der Waals surface area contributed by atoms with E-state index in [9.17, 15) is 9.59 Å². The van der Waals surface area contributed by atoms with Gasteiger partial charge in [-0.25, -0.2) is 9.80 Å². The smallest absolute Gasteiger partial charge is 0.365 e. The first-order valence-electron chi connectivity index (χ1n) is 11.2. The Hall–Kier alpha value is -3.49. The van der Waals surface area contributed by atoms with Crippen LogP contribution in [0.2, 0.25) is 0 Å². The number of rotatable bonds is 5. The summed E-state index contributed by atoms with van der Waals surface area (Å²) >= 11 is 2.60. The summed E-state index contributed by atoms with van der Waals surface area (Å²) in [6.07, 6.45) is 1.89. The third-order valence-electron chi connectivity index (χ3n) is 5.47. The number of hydrogen-bond donors (Lipinski definition) is 0. The first kappa shape index (κ1) is 23.3. The number of ether oxygens (including phenoxy) is 1. The molecular weight excluding hydrogens is 478 g/mol. The first-order valence-corrected chi connectivity index (χ1v) is 12.8. The van der Waals surface area contributed by atoms with Crippen LogP contribution in [0.5, 0.6) is 0 Å². The Morgan fingerprint density at radius 1 is 0.943 bits per heavy atom. The van der Waals surface area contributed by atoms with Crippen molar-refractivity contribution in [1.82, 2.24) is 0 Å². The molecule has 1 unspecified atom stereocenters.